The summed E-state index contributed by atoms with van der Waals surface area (Å²) in [6, 6.07) is 0. The summed E-state index contributed by atoms with van der Waals surface area (Å²) in [6.45, 7) is 3.35. The molecule has 2 aliphatic rings. The minimum Gasteiger partial charge on any atom is -0.288 e. The lowest BCUT2D eigenvalue weighted by Crippen LogP contribution is -2.20. The van der Waals surface area contributed by atoms with Gasteiger partial charge in [0.1, 0.15) is 0 Å². The molecule has 0 heterocycles. The van der Waals surface area contributed by atoms with Crippen molar-refractivity contribution in [1.29, 1.82) is 0 Å². The molecule has 2 nitrogen and oxygen atoms in total. The van der Waals surface area contributed by atoms with Gasteiger partial charge in [-0.2, -0.15) is 0 Å². The first-order chi connectivity index (χ1) is 8.63. The number of rotatable bonds is 0. The van der Waals surface area contributed by atoms with E-state index in [9.17, 15) is 9.59 Å². The first kappa shape index (κ1) is 12.4. The molecular weight excluding hydrogens is 224 g/mol. The fraction of sp³-hybridized carbons (Fsp3) is 0.375. The van der Waals surface area contributed by atoms with Crippen molar-refractivity contribution in [3.05, 3.63) is 22.3 Å². The Hall–Kier alpha value is -2.06. The molecular formula is C16H14O2. The average molecular weight is 238 g/mol. The quantitative estimate of drug-likeness (QED) is 0.479. The fourth-order valence-corrected chi connectivity index (χ4v) is 1.91. The van der Waals surface area contributed by atoms with Crippen LogP contribution in [-0.2, 0) is 9.59 Å². The molecule has 18 heavy (non-hydrogen) atoms. The van der Waals surface area contributed by atoms with Crippen molar-refractivity contribution >= 4 is 11.6 Å². The van der Waals surface area contributed by atoms with Crippen molar-refractivity contribution in [3.8, 4) is 23.7 Å². The van der Waals surface area contributed by atoms with Gasteiger partial charge < -0.3 is 0 Å². The van der Waals surface area contributed by atoms with Crippen LogP contribution in [0.15, 0.2) is 22.3 Å². The lowest BCUT2D eigenvalue weighted by atomic mass is 9.85. The number of carbonyl (C=O) groups is 2. The predicted molar refractivity (Wildman–Crippen MR) is 69.4 cm³/mol. The molecule has 2 rings (SSSR count). The van der Waals surface area contributed by atoms with Crippen molar-refractivity contribution < 1.29 is 9.59 Å². The van der Waals surface area contributed by atoms with Crippen LogP contribution in [0.1, 0.15) is 39.5 Å². The fourth-order valence-electron chi connectivity index (χ4n) is 1.91. The second-order valence-electron chi connectivity index (χ2n) is 4.47. The SMILES string of the molecule is CC1=C(C)C(=O)C2=C(C#CCCCCC#C2)C1=O. The van der Waals surface area contributed by atoms with Crippen molar-refractivity contribution in [3.63, 3.8) is 0 Å². The van der Waals surface area contributed by atoms with Crippen molar-refractivity contribution in [2.24, 2.45) is 0 Å². The molecule has 2 aliphatic carbocycles. The van der Waals surface area contributed by atoms with E-state index in [0.717, 1.165) is 25.7 Å². The third-order valence-corrected chi connectivity index (χ3v) is 3.23. The largest absolute Gasteiger partial charge is 0.288 e. The van der Waals surface area contributed by atoms with Gasteiger partial charge in [0.05, 0.1) is 11.1 Å². The van der Waals surface area contributed by atoms with E-state index < -0.39 is 0 Å². The number of carbonyl (C=O) groups excluding carboxylic acids is 2. The van der Waals surface area contributed by atoms with Crippen LogP contribution in [0.2, 0.25) is 0 Å². The van der Waals surface area contributed by atoms with Gasteiger partial charge in [-0.15, -0.1) is 0 Å². The zero-order valence-electron chi connectivity index (χ0n) is 10.6. The second kappa shape index (κ2) is 5.07. The minimum absolute atomic E-state index is 0.149. The summed E-state index contributed by atoms with van der Waals surface area (Å²) in [4.78, 5) is 24.3. The van der Waals surface area contributed by atoms with Gasteiger partial charge >= 0.3 is 0 Å². The van der Waals surface area contributed by atoms with Crippen LogP contribution in [0, 0.1) is 23.7 Å². The summed E-state index contributed by atoms with van der Waals surface area (Å²) < 4.78 is 0. The van der Waals surface area contributed by atoms with E-state index in [1.54, 1.807) is 13.8 Å². The van der Waals surface area contributed by atoms with Crippen LogP contribution in [0.5, 0.6) is 0 Å². The molecule has 0 aliphatic heterocycles. The molecule has 0 saturated heterocycles. The summed E-state index contributed by atoms with van der Waals surface area (Å²) in [6.07, 6.45) is 3.48. The molecule has 0 atom stereocenters. The molecule has 0 amide bonds. The zero-order chi connectivity index (χ0) is 13.1. The van der Waals surface area contributed by atoms with Crippen molar-refractivity contribution in [1.82, 2.24) is 0 Å². The number of hydrogen-bond acceptors (Lipinski definition) is 2. The Labute approximate surface area is 107 Å². The molecule has 0 saturated carbocycles. The molecule has 90 valence electrons. The van der Waals surface area contributed by atoms with Crippen LogP contribution in [0.4, 0.5) is 0 Å². The van der Waals surface area contributed by atoms with E-state index in [0.29, 0.717) is 11.1 Å². The smallest absolute Gasteiger partial charge is 0.198 e. The summed E-state index contributed by atoms with van der Waals surface area (Å²) in [7, 11) is 0. The van der Waals surface area contributed by atoms with Gasteiger partial charge in [0.25, 0.3) is 0 Å². The Morgan fingerprint density at radius 2 is 1.17 bits per heavy atom. The molecule has 0 radical (unpaired) electrons. The highest BCUT2D eigenvalue weighted by molar-refractivity contribution is 6.28. The third kappa shape index (κ3) is 2.15. The molecule has 0 unspecified atom stereocenters. The summed E-state index contributed by atoms with van der Waals surface area (Å²) >= 11 is 0. The molecule has 0 spiro atoms. The van der Waals surface area contributed by atoms with Gasteiger partial charge in [0, 0.05) is 24.0 Å². The van der Waals surface area contributed by atoms with Crippen molar-refractivity contribution in [2.75, 3.05) is 0 Å². The molecule has 0 fully saturated rings. The van der Waals surface area contributed by atoms with Gasteiger partial charge in [-0.3, -0.25) is 9.59 Å². The van der Waals surface area contributed by atoms with Crippen molar-refractivity contribution in [2.45, 2.75) is 39.5 Å². The van der Waals surface area contributed by atoms with Crippen LogP contribution >= 0.6 is 0 Å². The molecule has 2 heteroatoms. The highest BCUT2D eigenvalue weighted by Gasteiger charge is 2.28. The topological polar surface area (TPSA) is 34.1 Å². The Kier molecular flexibility index (Phi) is 3.49. The van der Waals surface area contributed by atoms with E-state index in [4.69, 9.17) is 0 Å². The Morgan fingerprint density at radius 1 is 0.778 bits per heavy atom. The number of hydrogen-bond donors (Lipinski definition) is 0. The number of allylic oxidation sites excluding steroid dienone is 4. The van der Waals surface area contributed by atoms with Crippen LogP contribution in [-0.4, -0.2) is 11.6 Å². The second-order valence-corrected chi connectivity index (χ2v) is 4.47. The first-order valence-corrected chi connectivity index (χ1v) is 6.12. The predicted octanol–water partition coefficient (Wildman–Crippen LogP) is 2.35. The maximum Gasteiger partial charge on any atom is 0.198 e. The molecule has 0 bridgehead atoms. The highest BCUT2D eigenvalue weighted by Crippen LogP contribution is 2.24. The van der Waals surface area contributed by atoms with Gasteiger partial charge in [0.15, 0.2) is 11.6 Å². The number of Topliss-reactive ketones (excluding diaryl/α,β-unsaturated/α-hetero) is 2. The van der Waals surface area contributed by atoms with Crippen LogP contribution in [0.3, 0.4) is 0 Å². The normalized spacial score (nSPS) is 19.7. The maximum atomic E-state index is 12.1. The van der Waals surface area contributed by atoms with E-state index in [1.165, 1.54) is 0 Å². The lowest BCUT2D eigenvalue weighted by molar-refractivity contribution is -0.116. The minimum atomic E-state index is -0.149. The Balaban J connectivity index is 2.58. The van der Waals surface area contributed by atoms with E-state index in [-0.39, 0.29) is 22.7 Å². The van der Waals surface area contributed by atoms with E-state index >= 15 is 0 Å². The average Bonchev–Trinajstić information content (AvgIpc) is 2.39. The van der Waals surface area contributed by atoms with Crippen LogP contribution < -0.4 is 0 Å². The van der Waals surface area contributed by atoms with Gasteiger partial charge in [-0.25, -0.2) is 0 Å². The van der Waals surface area contributed by atoms with Gasteiger partial charge in [-0.05, 0) is 26.7 Å². The molecule has 0 aromatic carbocycles. The van der Waals surface area contributed by atoms with Gasteiger partial charge in [0.2, 0.25) is 0 Å². The highest BCUT2D eigenvalue weighted by atomic mass is 16.1. The Bertz CT molecular complexity index is 553. The van der Waals surface area contributed by atoms with Gasteiger partial charge in [-0.1, -0.05) is 23.7 Å². The summed E-state index contributed by atoms with van der Waals surface area (Å²) in [5.74, 6) is 11.3. The lowest BCUT2D eigenvalue weighted by Gasteiger charge is -2.14. The monoisotopic (exact) mass is 238 g/mol. The molecule has 0 aromatic rings. The number of ketones is 2. The van der Waals surface area contributed by atoms with E-state index in [1.807, 2.05) is 0 Å². The third-order valence-electron chi connectivity index (χ3n) is 3.23. The summed E-state index contributed by atoms with van der Waals surface area (Å²) in [5.41, 5.74) is 1.56. The first-order valence-electron chi connectivity index (χ1n) is 6.12. The Morgan fingerprint density at radius 3 is 1.56 bits per heavy atom. The maximum absolute atomic E-state index is 12.1. The van der Waals surface area contributed by atoms with Crippen LogP contribution in [0.25, 0.3) is 0 Å². The standard InChI is InChI=1S/C16H14O2/c1-11-12(2)16(18)14-10-8-6-4-3-5-7-9-13(14)15(11)17/h3-6H2,1-2H3. The zero-order valence-corrected chi connectivity index (χ0v) is 10.6. The van der Waals surface area contributed by atoms with E-state index in [2.05, 4.69) is 23.7 Å². The molecule has 0 aromatic heterocycles. The summed E-state index contributed by atoms with van der Waals surface area (Å²) in [5, 5.41) is 0. The molecule has 0 N–H and O–H groups in total.